The van der Waals surface area contributed by atoms with Crippen molar-refractivity contribution in [1.29, 1.82) is 0 Å². The number of nitrogens with zero attached hydrogens (tertiary/aromatic N) is 3. The molecule has 0 bridgehead atoms. The second-order valence-corrected chi connectivity index (χ2v) is 7.94. The van der Waals surface area contributed by atoms with E-state index in [1.807, 2.05) is 4.90 Å². The molecule has 1 fully saturated rings. The van der Waals surface area contributed by atoms with Gasteiger partial charge in [-0.05, 0) is 43.9 Å². The average Bonchev–Trinajstić information content (AvgIpc) is 2.79. The molecule has 1 aliphatic rings. The number of carbonyl (C=O) groups is 2. The van der Waals surface area contributed by atoms with Crippen LogP contribution < -0.4 is 10.2 Å². The zero-order valence-electron chi connectivity index (χ0n) is 18.2. The average molecular weight is 456 g/mol. The lowest BCUT2D eigenvalue weighted by Gasteiger charge is -2.31. The maximum absolute atomic E-state index is 12.5. The van der Waals surface area contributed by atoms with E-state index in [-0.39, 0.29) is 22.6 Å². The number of para-hydroxylation sites is 2. The monoisotopic (exact) mass is 456 g/mol. The fraction of sp³-hybridized carbons (Fsp3) is 0.364. The highest BCUT2D eigenvalue weighted by atomic mass is 16.6. The summed E-state index contributed by atoms with van der Waals surface area (Å²) in [6.45, 7) is 4.82. The van der Waals surface area contributed by atoms with Crippen LogP contribution in [0.25, 0.3) is 0 Å². The van der Waals surface area contributed by atoms with Gasteiger partial charge in [0.15, 0.2) is 6.10 Å². The van der Waals surface area contributed by atoms with Crippen molar-refractivity contribution in [2.24, 2.45) is 5.92 Å². The molecule has 3 rings (SSSR count). The van der Waals surface area contributed by atoms with Gasteiger partial charge in [-0.15, -0.1) is 0 Å². The van der Waals surface area contributed by atoms with E-state index in [2.05, 4.69) is 12.2 Å². The first-order valence-electron chi connectivity index (χ1n) is 10.5. The van der Waals surface area contributed by atoms with Crippen LogP contribution in [0.15, 0.2) is 42.5 Å². The van der Waals surface area contributed by atoms with Crippen LogP contribution in [-0.4, -0.2) is 40.9 Å². The number of nitro groups is 2. The van der Waals surface area contributed by atoms with Gasteiger partial charge in [0.1, 0.15) is 11.4 Å². The molecule has 2 aromatic carbocycles. The molecule has 1 amide bonds. The summed E-state index contributed by atoms with van der Waals surface area (Å²) in [4.78, 5) is 48.4. The number of carbonyl (C=O) groups excluding carboxylic acids is 2. The predicted octanol–water partition coefficient (Wildman–Crippen LogP) is 3.92. The van der Waals surface area contributed by atoms with Crippen molar-refractivity contribution in [3.05, 3.63) is 68.3 Å². The van der Waals surface area contributed by atoms with Crippen LogP contribution in [-0.2, 0) is 9.53 Å². The molecule has 33 heavy (non-hydrogen) atoms. The number of benzene rings is 2. The topological polar surface area (TPSA) is 145 Å². The van der Waals surface area contributed by atoms with Crippen LogP contribution in [0.5, 0.6) is 0 Å². The summed E-state index contributed by atoms with van der Waals surface area (Å²) in [5.74, 6) is -1.13. The molecule has 0 saturated carbocycles. The van der Waals surface area contributed by atoms with E-state index < -0.39 is 27.8 Å². The molecule has 174 valence electrons. The first kappa shape index (κ1) is 23.6. The molecule has 1 aliphatic heterocycles. The minimum absolute atomic E-state index is 0.0359. The second-order valence-electron chi connectivity index (χ2n) is 7.94. The predicted molar refractivity (Wildman–Crippen MR) is 120 cm³/mol. The van der Waals surface area contributed by atoms with Gasteiger partial charge in [0, 0.05) is 25.2 Å². The molecule has 1 unspecified atom stereocenters. The number of hydrogen-bond acceptors (Lipinski definition) is 8. The molecular weight excluding hydrogens is 432 g/mol. The molecule has 1 N–H and O–H groups in total. The number of anilines is 2. The van der Waals surface area contributed by atoms with Crippen molar-refractivity contribution in [3.8, 4) is 0 Å². The van der Waals surface area contributed by atoms with Gasteiger partial charge >= 0.3 is 5.97 Å². The molecule has 0 radical (unpaired) electrons. The Morgan fingerprint density at radius 3 is 2.33 bits per heavy atom. The Hall–Kier alpha value is -4.02. The Morgan fingerprint density at radius 2 is 1.70 bits per heavy atom. The Morgan fingerprint density at radius 1 is 1.06 bits per heavy atom. The fourth-order valence-corrected chi connectivity index (χ4v) is 3.57. The van der Waals surface area contributed by atoms with Crippen molar-refractivity contribution >= 4 is 34.6 Å². The van der Waals surface area contributed by atoms with Crippen LogP contribution in [0.2, 0.25) is 0 Å². The molecule has 1 saturated heterocycles. The van der Waals surface area contributed by atoms with Gasteiger partial charge in [-0.1, -0.05) is 19.1 Å². The van der Waals surface area contributed by atoms with Crippen LogP contribution in [0.1, 0.15) is 37.0 Å². The molecule has 0 aromatic heterocycles. The summed E-state index contributed by atoms with van der Waals surface area (Å²) < 4.78 is 5.15. The van der Waals surface area contributed by atoms with Gasteiger partial charge in [-0.25, -0.2) is 4.79 Å². The van der Waals surface area contributed by atoms with Crippen molar-refractivity contribution in [2.75, 3.05) is 23.3 Å². The number of hydrogen-bond donors (Lipinski definition) is 1. The number of ether oxygens (including phenoxy) is 1. The number of nitrogens with one attached hydrogen (secondary N) is 1. The molecule has 0 aliphatic carbocycles. The van der Waals surface area contributed by atoms with E-state index in [9.17, 15) is 29.8 Å². The molecule has 11 heteroatoms. The zero-order chi connectivity index (χ0) is 24.1. The lowest BCUT2D eigenvalue weighted by Crippen LogP contribution is -2.33. The summed E-state index contributed by atoms with van der Waals surface area (Å²) in [5.41, 5.74) is -0.184. The Kier molecular flexibility index (Phi) is 7.21. The van der Waals surface area contributed by atoms with Gasteiger partial charge < -0.3 is 15.0 Å². The summed E-state index contributed by atoms with van der Waals surface area (Å²) in [6, 6.07) is 9.64. The smallest absolute Gasteiger partial charge is 0.339 e. The van der Waals surface area contributed by atoms with Crippen LogP contribution in [0, 0.1) is 26.1 Å². The fourth-order valence-electron chi connectivity index (χ4n) is 3.57. The van der Waals surface area contributed by atoms with Gasteiger partial charge in [0.25, 0.3) is 17.3 Å². The van der Waals surface area contributed by atoms with Gasteiger partial charge in [0.05, 0.1) is 15.4 Å². The molecule has 1 atom stereocenters. The van der Waals surface area contributed by atoms with Crippen LogP contribution >= 0.6 is 0 Å². The maximum Gasteiger partial charge on any atom is 0.339 e. The molecular formula is C22H24N4O7. The van der Waals surface area contributed by atoms with E-state index in [1.54, 1.807) is 0 Å². The Balaban J connectivity index is 1.71. The van der Waals surface area contributed by atoms with E-state index in [0.717, 1.165) is 18.9 Å². The summed E-state index contributed by atoms with van der Waals surface area (Å²) in [7, 11) is 0. The van der Waals surface area contributed by atoms with E-state index in [4.69, 9.17) is 4.74 Å². The van der Waals surface area contributed by atoms with Gasteiger partial charge in [-0.3, -0.25) is 25.0 Å². The highest BCUT2D eigenvalue weighted by Crippen LogP contribution is 2.32. The van der Waals surface area contributed by atoms with Crippen molar-refractivity contribution in [2.45, 2.75) is 32.8 Å². The molecule has 2 aromatic rings. The van der Waals surface area contributed by atoms with Crippen LogP contribution in [0.3, 0.4) is 0 Å². The van der Waals surface area contributed by atoms with Crippen molar-refractivity contribution in [3.63, 3.8) is 0 Å². The lowest BCUT2D eigenvalue weighted by molar-refractivity contribution is -0.384. The first-order chi connectivity index (χ1) is 15.7. The minimum Gasteiger partial charge on any atom is -0.449 e. The quantitative estimate of drug-likeness (QED) is 0.375. The Labute approximate surface area is 189 Å². The standard InChI is InChI=1S/C22H24N4O7/c1-14-9-11-24(12-10-14)19-8-7-16(13-20(19)26(31)32)22(28)33-15(2)21(27)23-17-5-3-4-6-18(17)25(29)30/h3-8,13-15H,9-12H2,1-2H3,(H,23,27). The van der Waals surface area contributed by atoms with Gasteiger partial charge in [-0.2, -0.15) is 0 Å². The number of nitro benzene ring substituents is 2. The van der Waals surface area contributed by atoms with E-state index in [0.29, 0.717) is 24.7 Å². The third-order valence-corrected chi connectivity index (χ3v) is 5.54. The SMILES string of the molecule is CC1CCN(c2ccc(C(=O)OC(C)C(=O)Nc3ccccc3[N+](=O)[O-])cc2[N+](=O)[O-])CC1. The van der Waals surface area contributed by atoms with E-state index >= 15 is 0 Å². The minimum atomic E-state index is -1.29. The number of rotatable bonds is 7. The zero-order valence-corrected chi connectivity index (χ0v) is 18.2. The molecule has 0 spiro atoms. The van der Waals surface area contributed by atoms with Crippen molar-refractivity contribution in [1.82, 2.24) is 0 Å². The third kappa shape index (κ3) is 5.62. The number of esters is 1. The first-order valence-corrected chi connectivity index (χ1v) is 10.5. The number of amides is 1. The Bertz CT molecular complexity index is 1080. The summed E-state index contributed by atoms with van der Waals surface area (Å²) in [5, 5.41) is 25.1. The second kappa shape index (κ2) is 10.1. The summed E-state index contributed by atoms with van der Waals surface area (Å²) in [6.07, 6.45) is 0.556. The lowest BCUT2D eigenvalue weighted by atomic mass is 9.98. The van der Waals surface area contributed by atoms with Crippen LogP contribution in [0.4, 0.5) is 22.7 Å². The number of piperidine rings is 1. The van der Waals surface area contributed by atoms with E-state index in [1.165, 1.54) is 43.3 Å². The maximum atomic E-state index is 12.5. The largest absolute Gasteiger partial charge is 0.449 e. The molecule has 11 nitrogen and oxygen atoms in total. The van der Waals surface area contributed by atoms with Gasteiger partial charge in [0.2, 0.25) is 0 Å². The third-order valence-electron chi connectivity index (χ3n) is 5.54. The highest BCUT2D eigenvalue weighted by Gasteiger charge is 2.27. The highest BCUT2D eigenvalue weighted by molar-refractivity contribution is 5.99. The van der Waals surface area contributed by atoms with Crippen molar-refractivity contribution < 1.29 is 24.2 Å². The molecule has 1 heterocycles. The normalized spacial score (nSPS) is 14.9. The summed E-state index contributed by atoms with van der Waals surface area (Å²) >= 11 is 0.